The Kier molecular flexibility index (Phi) is 5.69. The highest BCUT2D eigenvalue weighted by Gasteiger charge is 2.24. The third-order valence-corrected chi connectivity index (χ3v) is 2.43. The van der Waals surface area contributed by atoms with Crippen molar-refractivity contribution in [1.29, 1.82) is 0 Å². The summed E-state index contributed by atoms with van der Waals surface area (Å²) in [5.41, 5.74) is 0.115. The molecule has 1 unspecified atom stereocenters. The van der Waals surface area contributed by atoms with Gasteiger partial charge in [0.1, 0.15) is 0 Å². The second-order valence-corrected chi connectivity index (χ2v) is 5.58. The van der Waals surface area contributed by atoms with Gasteiger partial charge in [0.05, 0.1) is 0 Å². The monoisotopic (exact) mass is 214 g/mol. The Morgan fingerprint density at radius 2 is 1.80 bits per heavy atom. The molecule has 3 heteroatoms. The molecule has 0 saturated heterocycles. The van der Waals surface area contributed by atoms with Crippen LogP contribution in [0.25, 0.3) is 0 Å². The molecule has 2 N–H and O–H groups in total. The lowest BCUT2D eigenvalue weighted by Crippen LogP contribution is -2.48. The Hall–Kier alpha value is -0.730. The average molecular weight is 214 g/mol. The van der Waals surface area contributed by atoms with Gasteiger partial charge in [0.15, 0.2) is 0 Å². The Labute approximate surface area is 94.0 Å². The summed E-state index contributed by atoms with van der Waals surface area (Å²) in [6.07, 6.45) is 0.957. The van der Waals surface area contributed by atoms with Gasteiger partial charge in [-0.3, -0.25) is 0 Å². The Morgan fingerprint density at radius 1 is 1.27 bits per heavy atom. The molecule has 1 atom stereocenters. The molecule has 0 aromatic carbocycles. The van der Waals surface area contributed by atoms with Crippen LogP contribution in [0.4, 0.5) is 4.79 Å². The van der Waals surface area contributed by atoms with Crippen molar-refractivity contribution >= 4 is 6.03 Å². The molecular weight excluding hydrogens is 188 g/mol. The molecule has 90 valence electrons. The fourth-order valence-corrected chi connectivity index (χ4v) is 1.44. The largest absolute Gasteiger partial charge is 0.338 e. The second kappa shape index (κ2) is 5.99. The van der Waals surface area contributed by atoms with Crippen LogP contribution in [-0.4, -0.2) is 18.6 Å². The van der Waals surface area contributed by atoms with Crippen molar-refractivity contribution < 1.29 is 4.79 Å². The summed E-state index contributed by atoms with van der Waals surface area (Å²) in [6, 6.07) is 0.176. The van der Waals surface area contributed by atoms with Crippen molar-refractivity contribution in [2.45, 2.75) is 54.0 Å². The van der Waals surface area contributed by atoms with Crippen molar-refractivity contribution in [2.24, 2.45) is 11.3 Å². The lowest BCUT2D eigenvalue weighted by molar-refractivity contribution is 0.215. The molecule has 0 heterocycles. The van der Waals surface area contributed by atoms with Crippen LogP contribution in [-0.2, 0) is 0 Å². The maximum Gasteiger partial charge on any atom is 0.315 e. The molecule has 0 rings (SSSR count). The lowest BCUT2D eigenvalue weighted by Gasteiger charge is -2.30. The zero-order valence-corrected chi connectivity index (χ0v) is 11.0. The maximum absolute atomic E-state index is 11.5. The third kappa shape index (κ3) is 6.37. The van der Waals surface area contributed by atoms with Crippen LogP contribution in [0.5, 0.6) is 0 Å². The highest BCUT2D eigenvalue weighted by molar-refractivity contribution is 5.74. The molecule has 0 spiro atoms. The molecule has 0 aromatic rings. The molecule has 0 fully saturated rings. The van der Waals surface area contributed by atoms with Crippen LogP contribution in [0.1, 0.15) is 48.0 Å². The molecule has 0 aliphatic carbocycles. The van der Waals surface area contributed by atoms with E-state index in [0.717, 1.165) is 13.0 Å². The Balaban J connectivity index is 4.03. The van der Waals surface area contributed by atoms with Gasteiger partial charge in [-0.2, -0.15) is 0 Å². The van der Waals surface area contributed by atoms with Gasteiger partial charge in [-0.25, -0.2) is 4.79 Å². The number of rotatable bonds is 4. The fourth-order valence-electron chi connectivity index (χ4n) is 1.44. The van der Waals surface area contributed by atoms with Crippen molar-refractivity contribution in [1.82, 2.24) is 10.6 Å². The Morgan fingerprint density at radius 3 is 2.13 bits per heavy atom. The number of hydrogen-bond acceptors (Lipinski definition) is 1. The van der Waals surface area contributed by atoms with Crippen LogP contribution >= 0.6 is 0 Å². The number of carbonyl (C=O) groups is 1. The first-order valence-electron chi connectivity index (χ1n) is 5.81. The standard InChI is InChI=1S/C12H26N2O/c1-7-10(12(4,5)6)14-11(15)13-8-9(2)3/h9-10H,7-8H2,1-6H3,(H2,13,14,15). The summed E-state index contributed by atoms with van der Waals surface area (Å²) in [7, 11) is 0. The summed E-state index contributed by atoms with van der Waals surface area (Å²) in [4.78, 5) is 11.5. The van der Waals surface area contributed by atoms with E-state index in [4.69, 9.17) is 0 Å². The zero-order chi connectivity index (χ0) is 12.1. The first-order valence-corrected chi connectivity index (χ1v) is 5.81. The summed E-state index contributed by atoms with van der Waals surface area (Å²) >= 11 is 0. The number of amides is 2. The van der Waals surface area contributed by atoms with Gasteiger partial charge < -0.3 is 10.6 Å². The van der Waals surface area contributed by atoms with E-state index in [1.165, 1.54) is 0 Å². The molecule has 0 aliphatic heterocycles. The quantitative estimate of drug-likeness (QED) is 0.742. The van der Waals surface area contributed by atoms with Crippen LogP contribution in [0.15, 0.2) is 0 Å². The molecular formula is C12H26N2O. The van der Waals surface area contributed by atoms with Gasteiger partial charge in [0.2, 0.25) is 0 Å². The molecule has 0 radical (unpaired) electrons. The highest BCUT2D eigenvalue weighted by Crippen LogP contribution is 2.21. The number of hydrogen-bond donors (Lipinski definition) is 2. The molecule has 15 heavy (non-hydrogen) atoms. The van der Waals surface area contributed by atoms with Gasteiger partial charge in [-0.1, -0.05) is 41.5 Å². The highest BCUT2D eigenvalue weighted by atomic mass is 16.2. The molecule has 3 nitrogen and oxygen atoms in total. The molecule has 0 aromatic heterocycles. The number of carbonyl (C=O) groups excluding carboxylic acids is 1. The van der Waals surface area contributed by atoms with Crippen LogP contribution in [0.2, 0.25) is 0 Å². The first-order chi connectivity index (χ1) is 6.77. The van der Waals surface area contributed by atoms with Gasteiger partial charge in [0, 0.05) is 12.6 Å². The first kappa shape index (κ1) is 14.3. The SMILES string of the molecule is CCC(NC(=O)NCC(C)C)C(C)(C)C. The van der Waals surface area contributed by atoms with Crippen molar-refractivity contribution in [3.05, 3.63) is 0 Å². The van der Waals surface area contributed by atoms with Gasteiger partial charge in [-0.05, 0) is 17.8 Å². The number of urea groups is 1. The molecule has 0 saturated carbocycles. The minimum atomic E-state index is -0.0505. The van der Waals surface area contributed by atoms with E-state index in [1.54, 1.807) is 0 Å². The van der Waals surface area contributed by atoms with Gasteiger partial charge in [-0.15, -0.1) is 0 Å². The van der Waals surface area contributed by atoms with E-state index in [0.29, 0.717) is 5.92 Å². The maximum atomic E-state index is 11.5. The summed E-state index contributed by atoms with van der Waals surface area (Å²) < 4.78 is 0. The van der Waals surface area contributed by atoms with E-state index in [1.807, 2.05) is 0 Å². The minimum absolute atomic E-state index is 0.0505. The van der Waals surface area contributed by atoms with Crippen molar-refractivity contribution in [3.63, 3.8) is 0 Å². The van der Waals surface area contributed by atoms with Crippen molar-refractivity contribution in [3.8, 4) is 0 Å². The third-order valence-electron chi connectivity index (χ3n) is 2.43. The predicted molar refractivity (Wildman–Crippen MR) is 64.9 cm³/mol. The van der Waals surface area contributed by atoms with E-state index in [-0.39, 0.29) is 17.5 Å². The average Bonchev–Trinajstić information content (AvgIpc) is 2.08. The van der Waals surface area contributed by atoms with Crippen LogP contribution in [0.3, 0.4) is 0 Å². The fraction of sp³-hybridized carbons (Fsp3) is 0.917. The smallest absolute Gasteiger partial charge is 0.315 e. The second-order valence-electron chi connectivity index (χ2n) is 5.58. The summed E-state index contributed by atoms with van der Waals surface area (Å²) in [5, 5.41) is 5.88. The molecule has 2 amide bonds. The van der Waals surface area contributed by atoms with Crippen LogP contribution < -0.4 is 10.6 Å². The summed E-state index contributed by atoms with van der Waals surface area (Å²) in [6.45, 7) is 13.4. The van der Waals surface area contributed by atoms with E-state index in [2.05, 4.69) is 52.2 Å². The van der Waals surface area contributed by atoms with Gasteiger partial charge >= 0.3 is 6.03 Å². The number of nitrogens with one attached hydrogen (secondary N) is 2. The zero-order valence-electron chi connectivity index (χ0n) is 11.0. The Bertz CT molecular complexity index is 194. The van der Waals surface area contributed by atoms with E-state index >= 15 is 0 Å². The topological polar surface area (TPSA) is 41.1 Å². The summed E-state index contributed by atoms with van der Waals surface area (Å²) in [5.74, 6) is 0.491. The van der Waals surface area contributed by atoms with E-state index < -0.39 is 0 Å². The molecule has 0 aliphatic rings. The minimum Gasteiger partial charge on any atom is -0.338 e. The lowest BCUT2D eigenvalue weighted by atomic mass is 9.85. The predicted octanol–water partition coefficient (Wildman–Crippen LogP) is 2.77. The normalized spacial score (nSPS) is 13.8. The van der Waals surface area contributed by atoms with E-state index in [9.17, 15) is 4.79 Å². The molecule has 0 bridgehead atoms. The van der Waals surface area contributed by atoms with Gasteiger partial charge in [0.25, 0.3) is 0 Å². The van der Waals surface area contributed by atoms with Crippen LogP contribution in [0, 0.1) is 11.3 Å². The van der Waals surface area contributed by atoms with Crippen molar-refractivity contribution in [2.75, 3.05) is 6.54 Å².